The maximum atomic E-state index is 12.3. The molecule has 1 aromatic carbocycles. The second-order valence-electron chi connectivity index (χ2n) is 5.54. The summed E-state index contributed by atoms with van der Waals surface area (Å²) < 4.78 is 26.7. The predicted molar refractivity (Wildman–Crippen MR) is 93.3 cm³/mol. The number of rotatable bonds is 6. The third kappa shape index (κ3) is 4.65. The molecule has 1 aromatic heterocycles. The predicted octanol–water partition coefficient (Wildman–Crippen LogP) is 3.37. The van der Waals surface area contributed by atoms with Crippen molar-refractivity contribution >= 4 is 27.3 Å². The normalized spacial score (nSPS) is 11.4. The fourth-order valence-corrected chi connectivity index (χ4v) is 4.33. The van der Waals surface area contributed by atoms with Crippen molar-refractivity contribution in [3.63, 3.8) is 0 Å². The fraction of sp³-hybridized carbons (Fsp3) is 0.353. The van der Waals surface area contributed by atoms with Gasteiger partial charge in [0.05, 0.1) is 11.3 Å². The van der Waals surface area contributed by atoms with Crippen LogP contribution in [-0.2, 0) is 27.7 Å². The summed E-state index contributed by atoms with van der Waals surface area (Å²) in [4.78, 5) is 14.3. The van der Waals surface area contributed by atoms with Crippen LogP contribution in [0.3, 0.4) is 0 Å². The Labute approximate surface area is 141 Å². The minimum atomic E-state index is -3.81. The van der Waals surface area contributed by atoms with Crippen LogP contribution < -0.4 is 4.72 Å². The number of hydrogen-bond donors (Lipinski definition) is 1. The highest BCUT2D eigenvalue weighted by atomic mass is 32.2. The number of aryl methyl sites for hydroxylation is 3. The zero-order valence-electron chi connectivity index (χ0n) is 13.5. The zero-order chi connectivity index (χ0) is 17.0. The second-order valence-corrected chi connectivity index (χ2v) is 8.68. The third-order valence-corrected chi connectivity index (χ3v) is 5.91. The standard InChI is InChI=1S/C17H21NO3S2/c1-4-5-14-6-8-16(9-7-14)23(20,21)18-17(19)11-15-10-12(2)22-13(15)3/h6-10H,4-5,11H2,1-3H3,(H,18,19). The molecule has 23 heavy (non-hydrogen) atoms. The maximum absolute atomic E-state index is 12.3. The SMILES string of the molecule is CCCc1ccc(S(=O)(=O)NC(=O)Cc2cc(C)sc2C)cc1. The molecule has 2 aromatic rings. The Balaban J connectivity index is 2.08. The molecule has 0 atom stereocenters. The summed E-state index contributed by atoms with van der Waals surface area (Å²) >= 11 is 1.60. The molecule has 0 unspecified atom stereocenters. The summed E-state index contributed by atoms with van der Waals surface area (Å²) in [6.45, 7) is 5.97. The van der Waals surface area contributed by atoms with Gasteiger partial charge in [0.1, 0.15) is 0 Å². The van der Waals surface area contributed by atoms with E-state index >= 15 is 0 Å². The molecule has 1 amide bonds. The number of nitrogens with one attached hydrogen (secondary N) is 1. The first-order valence-electron chi connectivity index (χ1n) is 7.52. The lowest BCUT2D eigenvalue weighted by molar-refractivity contribution is -0.118. The molecule has 6 heteroatoms. The van der Waals surface area contributed by atoms with Gasteiger partial charge in [0.2, 0.25) is 5.91 Å². The first-order chi connectivity index (χ1) is 10.8. The van der Waals surface area contributed by atoms with Gasteiger partial charge in [0.15, 0.2) is 0 Å². The van der Waals surface area contributed by atoms with Crippen molar-refractivity contribution in [1.82, 2.24) is 4.72 Å². The first-order valence-corrected chi connectivity index (χ1v) is 9.82. The molecule has 0 bridgehead atoms. The molecule has 0 spiro atoms. The van der Waals surface area contributed by atoms with Gasteiger partial charge in [-0.05, 0) is 49.6 Å². The number of sulfonamides is 1. The molecule has 0 radical (unpaired) electrons. The minimum absolute atomic E-state index is 0.0727. The van der Waals surface area contributed by atoms with Crippen LogP contribution in [0.4, 0.5) is 0 Å². The number of amides is 1. The molecule has 0 aliphatic rings. The van der Waals surface area contributed by atoms with Crippen molar-refractivity contribution in [2.45, 2.75) is 44.9 Å². The highest BCUT2D eigenvalue weighted by Crippen LogP contribution is 2.21. The van der Waals surface area contributed by atoms with Crippen LogP contribution in [-0.4, -0.2) is 14.3 Å². The minimum Gasteiger partial charge on any atom is -0.274 e. The van der Waals surface area contributed by atoms with Crippen molar-refractivity contribution in [2.75, 3.05) is 0 Å². The van der Waals surface area contributed by atoms with Gasteiger partial charge >= 0.3 is 0 Å². The van der Waals surface area contributed by atoms with Gasteiger partial charge in [-0.1, -0.05) is 25.5 Å². The number of carbonyl (C=O) groups excluding carboxylic acids is 1. The largest absolute Gasteiger partial charge is 0.274 e. The number of hydrogen-bond acceptors (Lipinski definition) is 4. The van der Waals surface area contributed by atoms with Crippen molar-refractivity contribution in [3.8, 4) is 0 Å². The first kappa shape index (κ1) is 17.7. The van der Waals surface area contributed by atoms with Gasteiger partial charge in [-0.3, -0.25) is 4.79 Å². The topological polar surface area (TPSA) is 63.2 Å². The van der Waals surface area contributed by atoms with Crippen molar-refractivity contribution in [3.05, 3.63) is 51.2 Å². The van der Waals surface area contributed by atoms with E-state index in [9.17, 15) is 13.2 Å². The number of carbonyl (C=O) groups is 1. The van der Waals surface area contributed by atoms with E-state index in [1.807, 2.05) is 19.9 Å². The number of benzene rings is 1. The summed E-state index contributed by atoms with van der Waals surface area (Å²) in [5.41, 5.74) is 1.96. The van der Waals surface area contributed by atoms with Gasteiger partial charge < -0.3 is 0 Å². The Morgan fingerprint density at radius 3 is 2.35 bits per heavy atom. The van der Waals surface area contributed by atoms with Crippen molar-refractivity contribution < 1.29 is 13.2 Å². The molecule has 124 valence electrons. The van der Waals surface area contributed by atoms with E-state index < -0.39 is 15.9 Å². The molecule has 4 nitrogen and oxygen atoms in total. The smallest absolute Gasteiger partial charge is 0.264 e. The zero-order valence-corrected chi connectivity index (χ0v) is 15.2. The van der Waals surface area contributed by atoms with E-state index in [2.05, 4.69) is 11.6 Å². The van der Waals surface area contributed by atoms with Crippen LogP contribution >= 0.6 is 11.3 Å². The van der Waals surface area contributed by atoms with Crippen LogP contribution in [0.15, 0.2) is 35.2 Å². The highest BCUT2D eigenvalue weighted by Gasteiger charge is 2.18. The van der Waals surface area contributed by atoms with Gasteiger partial charge in [-0.2, -0.15) is 0 Å². The lowest BCUT2D eigenvalue weighted by Gasteiger charge is -2.08. The van der Waals surface area contributed by atoms with E-state index in [4.69, 9.17) is 0 Å². The van der Waals surface area contributed by atoms with Crippen LogP contribution in [0, 0.1) is 13.8 Å². The Kier molecular flexibility index (Phi) is 5.59. The van der Waals surface area contributed by atoms with E-state index in [0.717, 1.165) is 33.7 Å². The average molecular weight is 351 g/mol. The molecule has 2 rings (SSSR count). The molecule has 0 fully saturated rings. The van der Waals surface area contributed by atoms with E-state index in [-0.39, 0.29) is 11.3 Å². The van der Waals surface area contributed by atoms with Crippen molar-refractivity contribution in [1.29, 1.82) is 0 Å². The molecule has 0 aliphatic heterocycles. The van der Waals surface area contributed by atoms with Gasteiger partial charge in [0.25, 0.3) is 10.0 Å². The lowest BCUT2D eigenvalue weighted by Crippen LogP contribution is -2.31. The van der Waals surface area contributed by atoms with Gasteiger partial charge in [-0.15, -0.1) is 11.3 Å². The van der Waals surface area contributed by atoms with Crippen LogP contribution in [0.25, 0.3) is 0 Å². The molecular weight excluding hydrogens is 330 g/mol. The summed E-state index contributed by atoms with van der Waals surface area (Å²) in [5.74, 6) is -0.511. The Hall–Kier alpha value is -1.66. The Morgan fingerprint density at radius 2 is 1.83 bits per heavy atom. The lowest BCUT2D eigenvalue weighted by atomic mass is 10.1. The van der Waals surface area contributed by atoms with Gasteiger partial charge in [-0.25, -0.2) is 13.1 Å². The van der Waals surface area contributed by atoms with Crippen LogP contribution in [0.5, 0.6) is 0 Å². The Bertz CT molecular complexity index is 790. The molecular formula is C17H21NO3S2. The summed E-state index contributed by atoms with van der Waals surface area (Å²) in [6.07, 6.45) is 1.98. The van der Waals surface area contributed by atoms with Gasteiger partial charge in [0, 0.05) is 9.75 Å². The van der Waals surface area contributed by atoms with E-state index in [1.54, 1.807) is 35.6 Å². The van der Waals surface area contributed by atoms with Crippen molar-refractivity contribution in [2.24, 2.45) is 0 Å². The van der Waals surface area contributed by atoms with E-state index in [0.29, 0.717) is 0 Å². The quantitative estimate of drug-likeness (QED) is 0.868. The summed E-state index contributed by atoms with van der Waals surface area (Å²) in [7, 11) is -3.81. The average Bonchev–Trinajstić information content (AvgIpc) is 2.77. The maximum Gasteiger partial charge on any atom is 0.264 e. The Morgan fingerprint density at radius 1 is 1.17 bits per heavy atom. The van der Waals surface area contributed by atoms with E-state index in [1.165, 1.54) is 0 Å². The number of thiophene rings is 1. The molecule has 0 saturated heterocycles. The highest BCUT2D eigenvalue weighted by molar-refractivity contribution is 7.90. The fourth-order valence-electron chi connectivity index (χ4n) is 2.40. The molecule has 0 aliphatic carbocycles. The molecule has 0 saturated carbocycles. The molecule has 1 N–H and O–H groups in total. The van der Waals surface area contributed by atoms with Crippen LogP contribution in [0.1, 0.15) is 34.2 Å². The molecule has 1 heterocycles. The summed E-state index contributed by atoms with van der Waals surface area (Å²) in [5, 5.41) is 0. The van der Waals surface area contributed by atoms with Crippen LogP contribution in [0.2, 0.25) is 0 Å². The monoisotopic (exact) mass is 351 g/mol. The second kappa shape index (κ2) is 7.27. The summed E-state index contributed by atoms with van der Waals surface area (Å²) in [6, 6.07) is 8.58. The third-order valence-electron chi connectivity index (χ3n) is 3.52.